The van der Waals surface area contributed by atoms with Gasteiger partial charge in [0, 0.05) is 0 Å². The van der Waals surface area contributed by atoms with Crippen LogP contribution in [0.4, 0.5) is 0 Å². The van der Waals surface area contributed by atoms with E-state index in [2.05, 4.69) is 15.3 Å². The topological polar surface area (TPSA) is 61.5 Å². The summed E-state index contributed by atoms with van der Waals surface area (Å²) in [7, 11) is 0. The lowest BCUT2D eigenvalue weighted by atomic mass is 10.2. The monoisotopic (exact) mass is 342 g/mol. The van der Waals surface area contributed by atoms with Gasteiger partial charge in [0.15, 0.2) is 28.4 Å². The van der Waals surface area contributed by atoms with Crippen molar-refractivity contribution < 1.29 is 9.47 Å². The third-order valence-electron chi connectivity index (χ3n) is 3.54. The summed E-state index contributed by atoms with van der Waals surface area (Å²) in [4.78, 5) is 1.88. The molecule has 23 heavy (non-hydrogen) atoms. The van der Waals surface area contributed by atoms with Gasteiger partial charge < -0.3 is 9.47 Å². The first-order valence-electron chi connectivity index (χ1n) is 7.03. The summed E-state index contributed by atoms with van der Waals surface area (Å²) in [5.74, 6) is 2.13. The van der Waals surface area contributed by atoms with E-state index in [0.29, 0.717) is 18.2 Å². The minimum atomic E-state index is -0.321. The average molecular weight is 342 g/mol. The van der Waals surface area contributed by atoms with Crippen LogP contribution in [0, 0.1) is 0 Å². The van der Waals surface area contributed by atoms with Gasteiger partial charge in [-0.15, -0.1) is 21.5 Å². The van der Waals surface area contributed by atoms with Crippen LogP contribution in [-0.4, -0.2) is 26.4 Å². The Labute approximate surface area is 138 Å². The molecule has 0 saturated carbocycles. The fourth-order valence-corrected chi connectivity index (χ4v) is 4.12. The van der Waals surface area contributed by atoms with Crippen molar-refractivity contribution in [3.8, 4) is 21.4 Å². The Kier molecular flexibility index (Phi) is 2.85. The molecule has 4 heterocycles. The summed E-state index contributed by atoms with van der Waals surface area (Å²) >= 11 is 3.17. The van der Waals surface area contributed by atoms with Crippen molar-refractivity contribution in [2.75, 3.05) is 6.61 Å². The fraction of sp³-hybridized carbons (Fsp3) is 0.133. The highest BCUT2D eigenvalue weighted by atomic mass is 32.1. The van der Waals surface area contributed by atoms with Crippen molar-refractivity contribution in [3.05, 3.63) is 47.6 Å². The molecule has 5 rings (SSSR count). The van der Waals surface area contributed by atoms with E-state index in [0.717, 1.165) is 20.6 Å². The van der Waals surface area contributed by atoms with Crippen molar-refractivity contribution in [1.29, 1.82) is 0 Å². The summed E-state index contributed by atoms with van der Waals surface area (Å²) in [6.45, 7) is 0.393. The number of para-hydroxylation sites is 2. The summed E-state index contributed by atoms with van der Waals surface area (Å²) in [6, 6.07) is 11.7. The van der Waals surface area contributed by atoms with Crippen molar-refractivity contribution in [1.82, 2.24) is 19.8 Å². The molecule has 0 fully saturated rings. The largest absolute Gasteiger partial charge is 0.485 e. The van der Waals surface area contributed by atoms with Gasteiger partial charge in [-0.05, 0) is 23.6 Å². The van der Waals surface area contributed by atoms with Gasteiger partial charge in [0.1, 0.15) is 6.61 Å². The van der Waals surface area contributed by atoms with Crippen LogP contribution in [-0.2, 0) is 0 Å². The van der Waals surface area contributed by atoms with Crippen LogP contribution in [0.15, 0.2) is 41.8 Å². The number of hydrogen-bond donors (Lipinski definition) is 0. The molecule has 4 aromatic rings. The molecule has 0 N–H and O–H groups in total. The normalized spacial score (nSPS) is 16.8. The number of hydrogen-bond acceptors (Lipinski definition) is 7. The lowest BCUT2D eigenvalue weighted by Crippen LogP contribution is -2.23. The first-order valence-corrected chi connectivity index (χ1v) is 8.72. The lowest BCUT2D eigenvalue weighted by Gasteiger charge is -2.24. The third kappa shape index (κ3) is 2.10. The van der Waals surface area contributed by atoms with Crippen LogP contribution >= 0.6 is 22.7 Å². The number of benzene rings is 1. The molecule has 1 aliphatic rings. The van der Waals surface area contributed by atoms with Gasteiger partial charge in [0.05, 0.1) is 4.88 Å². The average Bonchev–Trinajstić information content (AvgIpc) is 3.30. The smallest absolute Gasteiger partial charge is 0.235 e. The van der Waals surface area contributed by atoms with E-state index < -0.39 is 0 Å². The number of rotatable bonds is 2. The van der Waals surface area contributed by atoms with E-state index in [-0.39, 0.29) is 6.10 Å². The summed E-state index contributed by atoms with van der Waals surface area (Å²) in [5.41, 5.74) is 0. The number of fused-ring (bicyclic) bond motifs is 2. The molecular weight excluding hydrogens is 332 g/mol. The van der Waals surface area contributed by atoms with Gasteiger partial charge >= 0.3 is 0 Å². The molecule has 1 atom stereocenters. The Morgan fingerprint density at radius 2 is 2.00 bits per heavy atom. The molecule has 6 nitrogen and oxygen atoms in total. The Balaban J connectivity index is 1.54. The minimum absolute atomic E-state index is 0.321. The molecule has 1 aliphatic heterocycles. The molecule has 0 aliphatic carbocycles. The number of aromatic nitrogens is 4. The van der Waals surface area contributed by atoms with E-state index in [9.17, 15) is 0 Å². The van der Waals surface area contributed by atoms with E-state index in [4.69, 9.17) is 9.47 Å². The van der Waals surface area contributed by atoms with Crippen LogP contribution in [0.5, 0.6) is 11.5 Å². The van der Waals surface area contributed by atoms with Crippen molar-refractivity contribution in [3.63, 3.8) is 0 Å². The van der Waals surface area contributed by atoms with Crippen molar-refractivity contribution >= 4 is 27.6 Å². The zero-order valence-electron chi connectivity index (χ0n) is 11.7. The third-order valence-corrected chi connectivity index (χ3v) is 5.48. The summed E-state index contributed by atoms with van der Waals surface area (Å²) < 4.78 is 13.5. The summed E-state index contributed by atoms with van der Waals surface area (Å²) in [5, 5.41) is 16.1. The maximum Gasteiger partial charge on any atom is 0.235 e. The van der Waals surface area contributed by atoms with Gasteiger partial charge in [-0.3, -0.25) is 0 Å². The molecule has 0 saturated heterocycles. The predicted octanol–water partition coefficient (Wildman–Crippen LogP) is 3.43. The highest BCUT2D eigenvalue weighted by molar-refractivity contribution is 7.23. The molecule has 8 heteroatoms. The molecule has 0 radical (unpaired) electrons. The van der Waals surface area contributed by atoms with Crippen molar-refractivity contribution in [2.45, 2.75) is 6.10 Å². The predicted molar refractivity (Wildman–Crippen MR) is 87.3 cm³/mol. The molecule has 114 valence electrons. The minimum Gasteiger partial charge on any atom is -0.485 e. The van der Waals surface area contributed by atoms with Crippen LogP contribution in [0.2, 0.25) is 0 Å². The Morgan fingerprint density at radius 3 is 2.87 bits per heavy atom. The highest BCUT2D eigenvalue weighted by Gasteiger charge is 2.28. The molecule has 3 aromatic heterocycles. The van der Waals surface area contributed by atoms with Crippen LogP contribution in [0.1, 0.15) is 11.9 Å². The van der Waals surface area contributed by atoms with Gasteiger partial charge in [0.2, 0.25) is 4.96 Å². The van der Waals surface area contributed by atoms with E-state index in [1.54, 1.807) is 15.9 Å². The Morgan fingerprint density at radius 1 is 1.09 bits per heavy atom. The molecule has 1 aromatic carbocycles. The SMILES string of the molecule is c1csc(-c2nn3c([C@@H]4COc5ccccc5O4)nnc3s2)c1. The zero-order chi connectivity index (χ0) is 15.2. The second-order valence-corrected chi connectivity index (χ2v) is 6.90. The van der Waals surface area contributed by atoms with Crippen molar-refractivity contribution in [2.24, 2.45) is 0 Å². The molecule has 0 bridgehead atoms. The Bertz CT molecular complexity index is 977. The Hall–Kier alpha value is -2.45. The van der Waals surface area contributed by atoms with Gasteiger partial charge in [-0.2, -0.15) is 9.61 Å². The molecule has 0 amide bonds. The zero-order valence-corrected chi connectivity index (χ0v) is 13.4. The molecular formula is C15H10N4O2S2. The number of ether oxygens (including phenoxy) is 2. The first kappa shape index (κ1) is 13.0. The quantitative estimate of drug-likeness (QED) is 0.558. The maximum atomic E-state index is 6.00. The van der Waals surface area contributed by atoms with E-state index >= 15 is 0 Å². The highest BCUT2D eigenvalue weighted by Crippen LogP contribution is 2.36. The second kappa shape index (κ2) is 5.04. The van der Waals surface area contributed by atoms with Gasteiger partial charge in [-0.1, -0.05) is 29.5 Å². The van der Waals surface area contributed by atoms with E-state index in [1.165, 1.54) is 11.3 Å². The van der Waals surface area contributed by atoms with Gasteiger partial charge in [-0.25, -0.2) is 0 Å². The van der Waals surface area contributed by atoms with E-state index in [1.807, 2.05) is 41.8 Å². The first-order chi connectivity index (χ1) is 11.4. The molecule has 0 unspecified atom stereocenters. The number of nitrogens with zero attached hydrogens (tertiary/aromatic N) is 4. The van der Waals surface area contributed by atoms with Gasteiger partial charge in [0.25, 0.3) is 0 Å². The lowest BCUT2D eigenvalue weighted by molar-refractivity contribution is 0.0836. The standard InChI is InChI=1S/C15H10N4O2S2/c1-2-5-10-9(4-1)20-8-11(21-10)13-16-17-15-19(13)18-14(23-15)12-6-3-7-22-12/h1-7,11H,8H2/t11-/m0/s1. The van der Waals surface area contributed by atoms with Crippen LogP contribution in [0.3, 0.4) is 0 Å². The summed E-state index contributed by atoms with van der Waals surface area (Å²) in [6.07, 6.45) is -0.321. The maximum absolute atomic E-state index is 6.00. The van der Waals surface area contributed by atoms with Crippen LogP contribution < -0.4 is 9.47 Å². The fourth-order valence-electron chi connectivity index (χ4n) is 2.48. The van der Waals surface area contributed by atoms with Crippen LogP contribution in [0.25, 0.3) is 14.8 Å². The molecule has 0 spiro atoms. The second-order valence-electron chi connectivity index (χ2n) is 5.00. The number of thiophene rings is 1.